The Balaban J connectivity index is 2.38. The lowest BCUT2D eigenvalue weighted by atomic mass is 9.99. The fraction of sp³-hybridized carbons (Fsp3) is 0.312. The van der Waals surface area contributed by atoms with E-state index in [1.54, 1.807) is 14.2 Å². The Morgan fingerprint density at radius 3 is 2.58 bits per heavy atom. The number of rotatable bonds is 2. The normalized spacial score (nSPS) is 17.6. The molecule has 0 radical (unpaired) electrons. The molecule has 0 bridgehead atoms. The highest BCUT2D eigenvalue weighted by atomic mass is 16.5. The molecule has 98 valence electrons. The molecule has 2 aromatic carbocycles. The van der Waals surface area contributed by atoms with Crippen molar-refractivity contribution >= 4 is 16.6 Å². The molecule has 0 saturated carbocycles. The summed E-state index contributed by atoms with van der Waals surface area (Å²) in [4.78, 5) is 12.3. The lowest BCUT2D eigenvalue weighted by Crippen LogP contribution is -2.03. The van der Waals surface area contributed by atoms with Crippen molar-refractivity contribution in [2.24, 2.45) is 5.92 Å². The van der Waals surface area contributed by atoms with Crippen LogP contribution in [0.5, 0.6) is 11.5 Å². The lowest BCUT2D eigenvalue weighted by Gasteiger charge is -2.11. The predicted octanol–water partition coefficient (Wildman–Crippen LogP) is 3.23. The van der Waals surface area contributed by atoms with Crippen molar-refractivity contribution in [3.8, 4) is 11.5 Å². The van der Waals surface area contributed by atoms with Crippen molar-refractivity contribution in [1.82, 2.24) is 0 Å². The summed E-state index contributed by atoms with van der Waals surface area (Å²) in [6, 6.07) is 7.75. The van der Waals surface area contributed by atoms with E-state index in [9.17, 15) is 4.79 Å². The third-order valence-corrected chi connectivity index (χ3v) is 3.83. The first-order valence-corrected chi connectivity index (χ1v) is 6.37. The standard InChI is InChI=1S/C16H16O3/c1-9-6-10-7-14(19-3)12-5-4-11(18-2)8-13(12)15(10)16(9)17/h4-5,7-9H,6H2,1-3H3. The fourth-order valence-corrected chi connectivity index (χ4v) is 2.84. The number of ketones is 1. The second-order valence-corrected chi connectivity index (χ2v) is 4.99. The number of benzene rings is 2. The van der Waals surface area contributed by atoms with Crippen LogP contribution < -0.4 is 9.47 Å². The van der Waals surface area contributed by atoms with Gasteiger partial charge in [-0.2, -0.15) is 0 Å². The average molecular weight is 256 g/mol. The zero-order valence-corrected chi connectivity index (χ0v) is 11.3. The van der Waals surface area contributed by atoms with Crippen LogP contribution >= 0.6 is 0 Å². The molecule has 0 amide bonds. The second-order valence-electron chi connectivity index (χ2n) is 4.99. The van der Waals surface area contributed by atoms with Crippen LogP contribution in [0.1, 0.15) is 22.8 Å². The van der Waals surface area contributed by atoms with E-state index < -0.39 is 0 Å². The number of Topliss-reactive ketones (excluding diaryl/α,β-unsaturated/α-hetero) is 1. The Morgan fingerprint density at radius 1 is 1.11 bits per heavy atom. The quantitative estimate of drug-likeness (QED) is 0.827. The second kappa shape index (κ2) is 4.26. The van der Waals surface area contributed by atoms with E-state index in [0.717, 1.165) is 39.8 Å². The third-order valence-electron chi connectivity index (χ3n) is 3.83. The largest absolute Gasteiger partial charge is 0.497 e. The van der Waals surface area contributed by atoms with E-state index in [0.29, 0.717) is 0 Å². The van der Waals surface area contributed by atoms with Crippen molar-refractivity contribution < 1.29 is 14.3 Å². The number of hydrogen-bond donors (Lipinski definition) is 0. The van der Waals surface area contributed by atoms with Gasteiger partial charge in [-0.15, -0.1) is 0 Å². The number of hydrogen-bond acceptors (Lipinski definition) is 3. The Bertz CT molecular complexity index is 673. The van der Waals surface area contributed by atoms with E-state index in [2.05, 4.69) is 0 Å². The summed E-state index contributed by atoms with van der Waals surface area (Å²) in [6.45, 7) is 1.97. The van der Waals surface area contributed by atoms with Crippen LogP contribution in [0, 0.1) is 5.92 Å². The number of fused-ring (bicyclic) bond motifs is 3. The minimum atomic E-state index is 0.0523. The molecular formula is C16H16O3. The smallest absolute Gasteiger partial charge is 0.166 e. The van der Waals surface area contributed by atoms with Gasteiger partial charge in [0, 0.05) is 22.3 Å². The summed E-state index contributed by atoms with van der Waals surface area (Å²) in [5, 5.41) is 1.90. The van der Waals surface area contributed by atoms with Gasteiger partial charge in [0.25, 0.3) is 0 Å². The molecule has 1 aliphatic carbocycles. The molecule has 1 aliphatic rings. The number of carbonyl (C=O) groups is 1. The molecule has 0 heterocycles. The molecule has 0 N–H and O–H groups in total. The first-order chi connectivity index (χ1) is 9.15. The third kappa shape index (κ3) is 1.69. The van der Waals surface area contributed by atoms with Gasteiger partial charge in [-0.3, -0.25) is 4.79 Å². The number of ether oxygens (including phenoxy) is 2. The molecule has 3 nitrogen and oxygen atoms in total. The lowest BCUT2D eigenvalue weighted by molar-refractivity contribution is 0.0947. The Labute approximate surface area is 112 Å². The fourth-order valence-electron chi connectivity index (χ4n) is 2.84. The van der Waals surface area contributed by atoms with Crippen LogP contribution in [0.15, 0.2) is 24.3 Å². The van der Waals surface area contributed by atoms with E-state index in [1.807, 2.05) is 31.2 Å². The summed E-state index contributed by atoms with van der Waals surface area (Å²) < 4.78 is 10.7. The van der Waals surface area contributed by atoms with Gasteiger partial charge in [0.2, 0.25) is 0 Å². The molecule has 3 rings (SSSR count). The molecule has 3 heteroatoms. The van der Waals surface area contributed by atoms with E-state index >= 15 is 0 Å². The number of carbonyl (C=O) groups excluding carboxylic acids is 1. The molecule has 0 aliphatic heterocycles. The average Bonchev–Trinajstić information content (AvgIpc) is 2.72. The topological polar surface area (TPSA) is 35.5 Å². The number of methoxy groups -OCH3 is 2. The van der Waals surface area contributed by atoms with Crippen molar-refractivity contribution in [2.75, 3.05) is 14.2 Å². The summed E-state index contributed by atoms with van der Waals surface area (Å²) in [6.07, 6.45) is 0.789. The van der Waals surface area contributed by atoms with Crippen LogP contribution in [0.4, 0.5) is 0 Å². The van der Waals surface area contributed by atoms with Crippen LogP contribution in [-0.2, 0) is 6.42 Å². The van der Waals surface area contributed by atoms with E-state index in [4.69, 9.17) is 9.47 Å². The van der Waals surface area contributed by atoms with Gasteiger partial charge in [0.05, 0.1) is 14.2 Å². The van der Waals surface area contributed by atoms with Crippen molar-refractivity contribution in [2.45, 2.75) is 13.3 Å². The zero-order valence-electron chi connectivity index (χ0n) is 11.3. The van der Waals surface area contributed by atoms with Gasteiger partial charge >= 0.3 is 0 Å². The summed E-state index contributed by atoms with van der Waals surface area (Å²) in [7, 11) is 3.29. The first kappa shape index (κ1) is 12.0. The van der Waals surface area contributed by atoms with E-state index in [-0.39, 0.29) is 11.7 Å². The first-order valence-electron chi connectivity index (χ1n) is 6.37. The van der Waals surface area contributed by atoms with Gasteiger partial charge in [0.1, 0.15) is 11.5 Å². The highest BCUT2D eigenvalue weighted by Gasteiger charge is 2.30. The van der Waals surface area contributed by atoms with Gasteiger partial charge in [-0.05, 0) is 36.2 Å². The minimum absolute atomic E-state index is 0.0523. The van der Waals surface area contributed by atoms with Gasteiger partial charge < -0.3 is 9.47 Å². The molecule has 0 aromatic heterocycles. The Hall–Kier alpha value is -2.03. The molecular weight excluding hydrogens is 240 g/mol. The molecule has 1 atom stereocenters. The summed E-state index contributed by atoms with van der Waals surface area (Å²) in [5.41, 5.74) is 1.91. The van der Waals surface area contributed by atoms with Crippen LogP contribution in [0.3, 0.4) is 0 Å². The van der Waals surface area contributed by atoms with Crippen LogP contribution in [-0.4, -0.2) is 20.0 Å². The monoisotopic (exact) mass is 256 g/mol. The van der Waals surface area contributed by atoms with Crippen molar-refractivity contribution in [3.63, 3.8) is 0 Å². The molecule has 0 fully saturated rings. The van der Waals surface area contributed by atoms with Crippen molar-refractivity contribution in [1.29, 1.82) is 0 Å². The van der Waals surface area contributed by atoms with E-state index in [1.165, 1.54) is 0 Å². The summed E-state index contributed by atoms with van der Waals surface area (Å²) >= 11 is 0. The minimum Gasteiger partial charge on any atom is -0.497 e. The van der Waals surface area contributed by atoms with Crippen LogP contribution in [0.2, 0.25) is 0 Å². The predicted molar refractivity (Wildman–Crippen MR) is 74.3 cm³/mol. The SMILES string of the molecule is COc1ccc2c(OC)cc3c(c2c1)C(=O)C(C)C3. The van der Waals surface area contributed by atoms with Crippen molar-refractivity contribution in [3.05, 3.63) is 35.4 Å². The Morgan fingerprint density at radius 2 is 1.89 bits per heavy atom. The van der Waals surface area contributed by atoms with Gasteiger partial charge in [0.15, 0.2) is 5.78 Å². The summed E-state index contributed by atoms with van der Waals surface area (Å²) in [5.74, 6) is 1.85. The molecule has 0 spiro atoms. The molecule has 0 saturated heterocycles. The van der Waals surface area contributed by atoms with Crippen LogP contribution in [0.25, 0.3) is 10.8 Å². The maximum Gasteiger partial charge on any atom is 0.166 e. The highest BCUT2D eigenvalue weighted by Crippen LogP contribution is 2.39. The highest BCUT2D eigenvalue weighted by molar-refractivity contribution is 6.14. The van der Waals surface area contributed by atoms with Gasteiger partial charge in [-0.25, -0.2) is 0 Å². The zero-order chi connectivity index (χ0) is 13.6. The maximum atomic E-state index is 12.3. The Kier molecular flexibility index (Phi) is 2.70. The molecule has 1 unspecified atom stereocenters. The maximum absolute atomic E-state index is 12.3. The molecule has 19 heavy (non-hydrogen) atoms. The molecule has 2 aromatic rings. The van der Waals surface area contributed by atoms with Gasteiger partial charge in [-0.1, -0.05) is 6.92 Å².